The number of ether oxygens (including phenoxy) is 1. The number of hydrogen-bond donors (Lipinski definition) is 1. The summed E-state index contributed by atoms with van der Waals surface area (Å²) in [5, 5.41) is 11.0. The van der Waals surface area contributed by atoms with Gasteiger partial charge in [-0.3, -0.25) is 0 Å². The van der Waals surface area contributed by atoms with Crippen LogP contribution in [0.1, 0.15) is 44.5 Å². The molecule has 104 valence electrons. The van der Waals surface area contributed by atoms with Crippen molar-refractivity contribution >= 4 is 11.0 Å². The maximum Gasteiger partial charge on any atom is 0.136 e. The number of aliphatic hydroxyl groups is 1. The molecule has 1 unspecified atom stereocenters. The van der Waals surface area contributed by atoms with E-state index in [4.69, 9.17) is 9.15 Å². The fraction of sp³-hybridized carbons (Fsp3) is 0.500. The maximum absolute atomic E-state index is 10.0. The first-order valence-corrected chi connectivity index (χ1v) is 7.05. The molecule has 0 spiro atoms. The van der Waals surface area contributed by atoms with Gasteiger partial charge in [-0.05, 0) is 18.6 Å². The third-order valence-electron chi connectivity index (χ3n) is 3.19. The molecular weight excluding hydrogens is 240 g/mol. The Morgan fingerprint density at radius 3 is 2.84 bits per heavy atom. The van der Waals surface area contributed by atoms with Crippen LogP contribution >= 0.6 is 0 Å². The van der Waals surface area contributed by atoms with E-state index in [2.05, 4.69) is 6.92 Å². The molecule has 2 rings (SSSR count). The largest absolute Gasteiger partial charge is 0.458 e. The summed E-state index contributed by atoms with van der Waals surface area (Å²) in [6, 6.07) is 9.63. The molecule has 3 heteroatoms. The van der Waals surface area contributed by atoms with Crippen LogP contribution in [0, 0.1) is 0 Å². The van der Waals surface area contributed by atoms with Gasteiger partial charge >= 0.3 is 0 Å². The molecule has 1 N–H and O–H groups in total. The Balaban J connectivity index is 1.78. The van der Waals surface area contributed by atoms with E-state index in [-0.39, 0.29) is 0 Å². The lowest BCUT2D eigenvalue weighted by molar-refractivity contribution is 0.0244. The molecule has 3 nitrogen and oxygen atoms in total. The van der Waals surface area contributed by atoms with Crippen molar-refractivity contribution in [2.45, 2.75) is 38.7 Å². The van der Waals surface area contributed by atoms with Gasteiger partial charge in [-0.15, -0.1) is 0 Å². The van der Waals surface area contributed by atoms with E-state index < -0.39 is 6.10 Å². The van der Waals surface area contributed by atoms with E-state index in [1.807, 2.05) is 30.3 Å². The van der Waals surface area contributed by atoms with Gasteiger partial charge in [-0.2, -0.15) is 0 Å². The highest BCUT2D eigenvalue weighted by Crippen LogP contribution is 2.23. The number of furan rings is 1. The summed E-state index contributed by atoms with van der Waals surface area (Å²) in [6.07, 6.45) is 4.04. The van der Waals surface area contributed by atoms with Gasteiger partial charge in [-0.25, -0.2) is 0 Å². The molecule has 19 heavy (non-hydrogen) atoms. The van der Waals surface area contributed by atoms with Gasteiger partial charge in [0.15, 0.2) is 0 Å². The van der Waals surface area contributed by atoms with Crippen molar-refractivity contribution in [1.29, 1.82) is 0 Å². The van der Waals surface area contributed by atoms with Gasteiger partial charge in [0, 0.05) is 12.0 Å². The highest BCUT2D eigenvalue weighted by atomic mass is 16.5. The smallest absolute Gasteiger partial charge is 0.136 e. The minimum absolute atomic E-state index is 0.298. The summed E-state index contributed by atoms with van der Waals surface area (Å²) in [5.41, 5.74) is 0.805. The molecule has 1 atom stereocenters. The third-order valence-corrected chi connectivity index (χ3v) is 3.19. The Bertz CT molecular complexity index is 456. The van der Waals surface area contributed by atoms with Crippen molar-refractivity contribution in [3.05, 3.63) is 36.1 Å². The second-order valence-electron chi connectivity index (χ2n) is 4.84. The van der Waals surface area contributed by atoms with Crippen molar-refractivity contribution in [3.63, 3.8) is 0 Å². The van der Waals surface area contributed by atoms with Crippen LogP contribution in [-0.4, -0.2) is 18.3 Å². The van der Waals surface area contributed by atoms with Crippen LogP contribution in [0.3, 0.4) is 0 Å². The number of benzene rings is 1. The Kier molecular flexibility index (Phi) is 5.43. The normalized spacial score (nSPS) is 12.9. The molecule has 0 aliphatic heterocycles. The average Bonchev–Trinajstić information content (AvgIpc) is 2.86. The van der Waals surface area contributed by atoms with E-state index in [1.165, 1.54) is 19.3 Å². The first-order chi connectivity index (χ1) is 9.31. The number of hydrogen-bond acceptors (Lipinski definition) is 3. The van der Waals surface area contributed by atoms with Crippen LogP contribution in [0.5, 0.6) is 0 Å². The average molecular weight is 262 g/mol. The van der Waals surface area contributed by atoms with Gasteiger partial charge in [0.05, 0.1) is 6.61 Å². The molecule has 0 saturated carbocycles. The first-order valence-electron chi connectivity index (χ1n) is 7.05. The zero-order valence-corrected chi connectivity index (χ0v) is 11.5. The van der Waals surface area contributed by atoms with E-state index in [0.717, 1.165) is 17.4 Å². The van der Waals surface area contributed by atoms with Crippen molar-refractivity contribution in [2.24, 2.45) is 0 Å². The highest BCUT2D eigenvalue weighted by molar-refractivity contribution is 5.77. The number of aliphatic hydroxyl groups excluding tert-OH is 1. The maximum atomic E-state index is 10.0. The summed E-state index contributed by atoms with van der Waals surface area (Å²) in [5.74, 6) is 0.578. The predicted octanol–water partition coefficient (Wildman–Crippen LogP) is 4.06. The topological polar surface area (TPSA) is 42.6 Å². The molecule has 0 aliphatic rings. The third kappa shape index (κ3) is 4.08. The Morgan fingerprint density at radius 1 is 1.21 bits per heavy atom. The van der Waals surface area contributed by atoms with Crippen LogP contribution < -0.4 is 0 Å². The lowest BCUT2D eigenvalue weighted by Gasteiger charge is -2.08. The summed E-state index contributed by atoms with van der Waals surface area (Å²) in [4.78, 5) is 0. The Labute approximate surface area is 114 Å². The number of unbranched alkanes of at least 4 members (excludes halogenated alkanes) is 3. The minimum atomic E-state index is -0.682. The van der Waals surface area contributed by atoms with Crippen molar-refractivity contribution in [3.8, 4) is 0 Å². The molecule has 1 aromatic carbocycles. The number of fused-ring (bicyclic) bond motifs is 1. The molecule has 0 saturated heterocycles. The van der Waals surface area contributed by atoms with E-state index in [9.17, 15) is 5.11 Å². The molecule has 0 radical (unpaired) electrons. The summed E-state index contributed by atoms with van der Waals surface area (Å²) in [7, 11) is 0. The van der Waals surface area contributed by atoms with Crippen LogP contribution in [0.25, 0.3) is 11.0 Å². The van der Waals surface area contributed by atoms with Crippen LogP contribution in [0.4, 0.5) is 0 Å². The molecule has 0 fully saturated rings. The Hall–Kier alpha value is -1.32. The molecule has 0 bridgehead atoms. The molecule has 2 aromatic rings. The summed E-state index contributed by atoms with van der Waals surface area (Å²) >= 11 is 0. The second-order valence-corrected chi connectivity index (χ2v) is 4.84. The van der Waals surface area contributed by atoms with Gasteiger partial charge in [0.1, 0.15) is 17.4 Å². The number of rotatable bonds is 8. The molecule has 1 aromatic heterocycles. The van der Waals surface area contributed by atoms with Crippen LogP contribution in [0.15, 0.2) is 34.7 Å². The minimum Gasteiger partial charge on any atom is -0.458 e. The summed E-state index contributed by atoms with van der Waals surface area (Å²) < 4.78 is 11.1. The van der Waals surface area contributed by atoms with Gasteiger partial charge < -0.3 is 14.3 Å². The predicted molar refractivity (Wildman–Crippen MR) is 76.1 cm³/mol. The van der Waals surface area contributed by atoms with Crippen LogP contribution in [0.2, 0.25) is 0 Å². The monoisotopic (exact) mass is 262 g/mol. The number of para-hydroxylation sites is 1. The SMILES string of the molecule is CCCCCCOCC(O)c1cc2ccccc2o1. The van der Waals surface area contributed by atoms with Crippen LogP contribution in [-0.2, 0) is 4.74 Å². The standard InChI is InChI=1S/C16H22O3/c1-2-3-4-7-10-18-12-14(17)16-11-13-8-5-6-9-15(13)19-16/h5-6,8-9,11,14,17H,2-4,7,10,12H2,1H3. The van der Waals surface area contributed by atoms with E-state index >= 15 is 0 Å². The fourth-order valence-electron chi connectivity index (χ4n) is 2.07. The quantitative estimate of drug-likeness (QED) is 0.729. The lowest BCUT2D eigenvalue weighted by atomic mass is 10.2. The van der Waals surface area contributed by atoms with Gasteiger partial charge in [-0.1, -0.05) is 44.4 Å². The van der Waals surface area contributed by atoms with Gasteiger partial charge in [0.25, 0.3) is 0 Å². The Morgan fingerprint density at radius 2 is 2.05 bits per heavy atom. The first kappa shape index (κ1) is 14.1. The van der Waals surface area contributed by atoms with Crippen molar-refractivity contribution in [2.75, 3.05) is 13.2 Å². The fourth-order valence-corrected chi connectivity index (χ4v) is 2.07. The molecule has 0 amide bonds. The zero-order chi connectivity index (χ0) is 13.5. The van der Waals surface area contributed by atoms with E-state index in [1.54, 1.807) is 0 Å². The lowest BCUT2D eigenvalue weighted by Crippen LogP contribution is -2.07. The zero-order valence-electron chi connectivity index (χ0n) is 11.5. The molecule has 0 aliphatic carbocycles. The van der Waals surface area contributed by atoms with Crippen molar-refractivity contribution < 1.29 is 14.3 Å². The van der Waals surface area contributed by atoms with E-state index in [0.29, 0.717) is 19.0 Å². The van der Waals surface area contributed by atoms with Crippen molar-refractivity contribution in [1.82, 2.24) is 0 Å². The van der Waals surface area contributed by atoms with Gasteiger partial charge in [0.2, 0.25) is 0 Å². The summed E-state index contributed by atoms with van der Waals surface area (Å²) in [6.45, 7) is 3.19. The highest BCUT2D eigenvalue weighted by Gasteiger charge is 2.13. The molecule has 1 heterocycles. The molecular formula is C16H22O3. The second kappa shape index (κ2) is 7.31.